The Labute approximate surface area is 160 Å². The Kier molecular flexibility index (Phi) is 2.52. The Balaban J connectivity index is 1.79. The zero-order valence-electron chi connectivity index (χ0n) is 15.0. The summed E-state index contributed by atoms with van der Waals surface area (Å²) in [5.41, 5.74) is 4.22. The van der Waals surface area contributed by atoms with Crippen LogP contribution in [-0.4, -0.2) is 4.98 Å². The fraction of sp³-hybridized carbons (Fsp3) is 0. The largest absolute Gasteiger partial charge is 0.455 e. The minimum atomic E-state index is 0.939. The molecule has 2 heterocycles. The van der Waals surface area contributed by atoms with E-state index in [1.807, 2.05) is 0 Å². The normalized spacial score (nSPS) is 12.3. The number of para-hydroxylation sites is 1. The lowest BCUT2D eigenvalue weighted by atomic mass is 9.97. The number of hydrogen-bond acceptors (Lipinski definition) is 1. The molecular weight excluding hydrogens is 342 g/mol. The van der Waals surface area contributed by atoms with Gasteiger partial charge in [0.1, 0.15) is 11.2 Å². The molecule has 0 atom stereocenters. The van der Waals surface area contributed by atoms with Crippen LogP contribution in [0.5, 0.6) is 0 Å². The maximum absolute atomic E-state index is 6.49. The molecule has 0 saturated carbocycles. The summed E-state index contributed by atoms with van der Waals surface area (Å²) in [7, 11) is 0. The first-order chi connectivity index (χ1) is 13.9. The molecule has 0 bridgehead atoms. The SMILES string of the molecule is c1ccc2c(c1)[nH]c1cc3c(cc12)oc1c2ccccc2c2ccccc2c31. The molecule has 5 aromatic carbocycles. The molecule has 28 heavy (non-hydrogen) atoms. The molecule has 130 valence electrons. The maximum Gasteiger partial charge on any atom is 0.143 e. The zero-order valence-corrected chi connectivity index (χ0v) is 15.0. The van der Waals surface area contributed by atoms with Crippen molar-refractivity contribution in [1.82, 2.24) is 4.98 Å². The monoisotopic (exact) mass is 357 g/mol. The molecule has 2 aromatic heterocycles. The molecule has 7 rings (SSSR count). The van der Waals surface area contributed by atoms with E-state index < -0.39 is 0 Å². The molecule has 0 spiro atoms. The Morgan fingerprint density at radius 3 is 1.96 bits per heavy atom. The van der Waals surface area contributed by atoms with Crippen molar-refractivity contribution in [1.29, 1.82) is 0 Å². The number of H-pyrrole nitrogens is 1. The summed E-state index contributed by atoms with van der Waals surface area (Å²) < 4.78 is 6.49. The minimum absolute atomic E-state index is 0.939. The van der Waals surface area contributed by atoms with Crippen LogP contribution in [0.3, 0.4) is 0 Å². The number of benzene rings is 5. The fourth-order valence-corrected chi connectivity index (χ4v) is 4.75. The number of fused-ring (bicyclic) bond motifs is 11. The number of aromatic nitrogens is 1. The van der Waals surface area contributed by atoms with Gasteiger partial charge in [-0.2, -0.15) is 0 Å². The maximum atomic E-state index is 6.49. The van der Waals surface area contributed by atoms with Crippen molar-refractivity contribution in [3.8, 4) is 0 Å². The molecule has 0 aliphatic heterocycles. The third kappa shape index (κ3) is 1.68. The van der Waals surface area contributed by atoms with Crippen molar-refractivity contribution in [2.24, 2.45) is 0 Å². The highest BCUT2D eigenvalue weighted by Crippen LogP contribution is 2.42. The van der Waals surface area contributed by atoms with E-state index >= 15 is 0 Å². The van der Waals surface area contributed by atoms with E-state index in [1.165, 1.54) is 37.7 Å². The molecule has 0 aliphatic rings. The summed E-state index contributed by atoms with van der Waals surface area (Å²) in [6.45, 7) is 0. The van der Waals surface area contributed by atoms with Crippen molar-refractivity contribution in [3.05, 3.63) is 84.9 Å². The van der Waals surface area contributed by atoms with Crippen molar-refractivity contribution in [2.45, 2.75) is 0 Å². The van der Waals surface area contributed by atoms with Gasteiger partial charge >= 0.3 is 0 Å². The lowest BCUT2D eigenvalue weighted by Crippen LogP contribution is -1.79. The average molecular weight is 357 g/mol. The van der Waals surface area contributed by atoms with Gasteiger partial charge in [0.2, 0.25) is 0 Å². The van der Waals surface area contributed by atoms with E-state index in [2.05, 4.69) is 89.9 Å². The van der Waals surface area contributed by atoms with Gasteiger partial charge in [-0.1, -0.05) is 66.7 Å². The van der Waals surface area contributed by atoms with Gasteiger partial charge in [-0.15, -0.1) is 0 Å². The molecule has 1 N–H and O–H groups in total. The van der Waals surface area contributed by atoms with E-state index in [0.717, 1.165) is 27.6 Å². The summed E-state index contributed by atoms with van der Waals surface area (Å²) in [5.74, 6) is 0. The number of aromatic amines is 1. The van der Waals surface area contributed by atoms with Crippen molar-refractivity contribution < 1.29 is 4.42 Å². The van der Waals surface area contributed by atoms with Gasteiger partial charge in [-0.25, -0.2) is 0 Å². The molecule has 2 heteroatoms. The average Bonchev–Trinajstić information content (AvgIpc) is 3.30. The minimum Gasteiger partial charge on any atom is -0.455 e. The second-order valence-corrected chi connectivity index (χ2v) is 7.46. The van der Waals surface area contributed by atoms with Crippen LogP contribution in [0.15, 0.2) is 89.3 Å². The topological polar surface area (TPSA) is 28.9 Å². The van der Waals surface area contributed by atoms with Gasteiger partial charge in [0.05, 0.1) is 0 Å². The summed E-state index contributed by atoms with van der Waals surface area (Å²) in [6.07, 6.45) is 0. The fourth-order valence-electron chi connectivity index (χ4n) is 4.75. The van der Waals surface area contributed by atoms with Crippen molar-refractivity contribution in [2.75, 3.05) is 0 Å². The molecule has 0 amide bonds. The van der Waals surface area contributed by atoms with Gasteiger partial charge in [-0.3, -0.25) is 0 Å². The third-order valence-electron chi connectivity index (χ3n) is 5.97. The number of nitrogens with one attached hydrogen (secondary N) is 1. The third-order valence-corrected chi connectivity index (χ3v) is 5.97. The lowest BCUT2D eigenvalue weighted by Gasteiger charge is -2.05. The van der Waals surface area contributed by atoms with Crippen LogP contribution in [0.4, 0.5) is 0 Å². The van der Waals surface area contributed by atoms with Gasteiger partial charge < -0.3 is 9.40 Å². The lowest BCUT2D eigenvalue weighted by molar-refractivity contribution is 0.673. The summed E-state index contributed by atoms with van der Waals surface area (Å²) in [4.78, 5) is 3.57. The van der Waals surface area contributed by atoms with E-state index in [9.17, 15) is 0 Å². The van der Waals surface area contributed by atoms with Crippen LogP contribution in [-0.2, 0) is 0 Å². The molecule has 0 radical (unpaired) electrons. The molecule has 0 aliphatic carbocycles. The van der Waals surface area contributed by atoms with Crippen LogP contribution in [0.25, 0.3) is 65.3 Å². The van der Waals surface area contributed by atoms with Crippen LogP contribution in [0, 0.1) is 0 Å². The molecule has 2 nitrogen and oxygen atoms in total. The van der Waals surface area contributed by atoms with Crippen molar-refractivity contribution in [3.63, 3.8) is 0 Å². The molecule has 0 saturated heterocycles. The number of rotatable bonds is 0. The Morgan fingerprint density at radius 2 is 1.14 bits per heavy atom. The number of hydrogen-bond donors (Lipinski definition) is 1. The van der Waals surface area contributed by atoms with E-state index in [-0.39, 0.29) is 0 Å². The van der Waals surface area contributed by atoms with E-state index in [4.69, 9.17) is 4.42 Å². The Hall–Kier alpha value is -3.78. The summed E-state index contributed by atoms with van der Waals surface area (Å²) in [5, 5.41) is 9.71. The second-order valence-electron chi connectivity index (χ2n) is 7.46. The summed E-state index contributed by atoms with van der Waals surface area (Å²) in [6, 6.07) is 30.0. The zero-order chi connectivity index (χ0) is 18.2. The molecule has 7 aromatic rings. The predicted octanol–water partition coefficient (Wildman–Crippen LogP) is 7.53. The van der Waals surface area contributed by atoms with E-state index in [0.29, 0.717) is 0 Å². The predicted molar refractivity (Wildman–Crippen MR) is 118 cm³/mol. The first-order valence-corrected chi connectivity index (χ1v) is 9.54. The van der Waals surface area contributed by atoms with Gasteiger partial charge in [0.25, 0.3) is 0 Å². The standard InChI is InChI=1S/C26H15NO/c1-3-10-18-15(7-1)16-8-2-4-11-19(16)26-25(18)21-13-23-20(14-24(21)28-26)17-9-5-6-12-22(17)27-23/h1-14,27H. The number of furan rings is 1. The van der Waals surface area contributed by atoms with Crippen LogP contribution < -0.4 is 0 Å². The highest BCUT2D eigenvalue weighted by molar-refractivity contribution is 6.31. The van der Waals surface area contributed by atoms with Gasteiger partial charge in [-0.05, 0) is 34.4 Å². The van der Waals surface area contributed by atoms with E-state index in [1.54, 1.807) is 0 Å². The first kappa shape index (κ1) is 14.3. The Morgan fingerprint density at radius 1 is 0.500 bits per heavy atom. The van der Waals surface area contributed by atoms with Crippen LogP contribution >= 0.6 is 0 Å². The van der Waals surface area contributed by atoms with Crippen LogP contribution in [0.1, 0.15) is 0 Å². The molecule has 0 fully saturated rings. The second kappa shape index (κ2) is 4.93. The highest BCUT2D eigenvalue weighted by atomic mass is 16.3. The van der Waals surface area contributed by atoms with Crippen LogP contribution in [0.2, 0.25) is 0 Å². The smallest absolute Gasteiger partial charge is 0.143 e. The highest BCUT2D eigenvalue weighted by Gasteiger charge is 2.17. The quantitative estimate of drug-likeness (QED) is 0.279. The Bertz CT molecular complexity index is 1720. The van der Waals surface area contributed by atoms with Gasteiger partial charge in [0, 0.05) is 38.0 Å². The molecule has 0 unspecified atom stereocenters. The van der Waals surface area contributed by atoms with Crippen molar-refractivity contribution >= 4 is 65.3 Å². The molecular formula is C26H15NO. The summed E-state index contributed by atoms with van der Waals surface area (Å²) >= 11 is 0. The van der Waals surface area contributed by atoms with Gasteiger partial charge in [0.15, 0.2) is 0 Å². The first-order valence-electron chi connectivity index (χ1n) is 9.54.